The highest BCUT2D eigenvalue weighted by atomic mass is 32.1. The third kappa shape index (κ3) is 3.80. The van der Waals surface area contributed by atoms with Gasteiger partial charge >= 0.3 is 0 Å². The highest BCUT2D eigenvalue weighted by molar-refractivity contribution is 7.14. The number of ether oxygens (including phenoxy) is 1. The molecule has 4 nitrogen and oxygen atoms in total. The summed E-state index contributed by atoms with van der Waals surface area (Å²) in [6.07, 6.45) is 0. The van der Waals surface area contributed by atoms with Gasteiger partial charge in [0.15, 0.2) is 5.13 Å². The first-order valence-corrected chi connectivity index (χ1v) is 9.68. The number of para-hydroxylation sites is 1. The maximum atomic E-state index is 12.5. The Balaban J connectivity index is 1.51. The fraction of sp³-hybridized carbons (Fsp3) is 0.0435. The number of methoxy groups -OCH3 is 1. The van der Waals surface area contributed by atoms with Crippen molar-refractivity contribution in [2.24, 2.45) is 0 Å². The van der Waals surface area contributed by atoms with E-state index in [1.807, 2.05) is 41.8 Å². The van der Waals surface area contributed by atoms with Gasteiger partial charge in [0.05, 0.1) is 18.4 Å². The lowest BCUT2D eigenvalue weighted by atomic mass is 10.0. The number of carbonyl (C=O) groups is 1. The zero-order valence-electron chi connectivity index (χ0n) is 15.3. The minimum absolute atomic E-state index is 0.238. The molecule has 0 aliphatic carbocycles. The Morgan fingerprint density at radius 3 is 2.25 bits per heavy atom. The van der Waals surface area contributed by atoms with E-state index in [1.165, 1.54) is 16.9 Å². The Hall–Kier alpha value is -3.44. The first-order valence-electron chi connectivity index (χ1n) is 8.80. The van der Waals surface area contributed by atoms with Gasteiger partial charge in [-0.15, -0.1) is 11.3 Å². The molecule has 4 aromatic rings. The van der Waals surface area contributed by atoms with Crippen LogP contribution in [0.1, 0.15) is 10.4 Å². The Morgan fingerprint density at radius 2 is 1.50 bits per heavy atom. The zero-order valence-corrected chi connectivity index (χ0v) is 16.1. The van der Waals surface area contributed by atoms with Gasteiger partial charge in [0.2, 0.25) is 0 Å². The third-order valence-corrected chi connectivity index (χ3v) is 5.12. The summed E-state index contributed by atoms with van der Waals surface area (Å²) in [4.78, 5) is 17.1. The molecule has 0 spiro atoms. The van der Waals surface area contributed by atoms with Crippen LogP contribution < -0.4 is 10.1 Å². The quantitative estimate of drug-likeness (QED) is 0.476. The second-order valence-corrected chi connectivity index (χ2v) is 6.99. The second kappa shape index (κ2) is 8.06. The summed E-state index contributed by atoms with van der Waals surface area (Å²) in [5.74, 6) is 0.297. The van der Waals surface area contributed by atoms with Gasteiger partial charge in [-0.3, -0.25) is 10.1 Å². The number of hydrogen-bond donors (Lipinski definition) is 1. The molecule has 0 fully saturated rings. The van der Waals surface area contributed by atoms with Crippen LogP contribution >= 0.6 is 11.3 Å². The molecule has 0 aliphatic heterocycles. The van der Waals surface area contributed by atoms with Crippen molar-refractivity contribution in [2.75, 3.05) is 12.4 Å². The van der Waals surface area contributed by atoms with Crippen molar-refractivity contribution in [1.82, 2.24) is 4.98 Å². The predicted octanol–water partition coefficient (Wildman–Crippen LogP) is 5.74. The van der Waals surface area contributed by atoms with Crippen LogP contribution in [0.4, 0.5) is 5.13 Å². The molecule has 4 rings (SSSR count). The van der Waals surface area contributed by atoms with Crippen molar-refractivity contribution in [2.45, 2.75) is 0 Å². The average molecular weight is 386 g/mol. The van der Waals surface area contributed by atoms with Crippen LogP contribution in [0.25, 0.3) is 22.4 Å². The lowest BCUT2D eigenvalue weighted by molar-refractivity contribution is 0.102. The van der Waals surface area contributed by atoms with Crippen molar-refractivity contribution in [3.63, 3.8) is 0 Å². The number of benzene rings is 3. The second-order valence-electron chi connectivity index (χ2n) is 6.14. The van der Waals surface area contributed by atoms with Crippen molar-refractivity contribution in [3.8, 4) is 28.1 Å². The Morgan fingerprint density at radius 1 is 0.857 bits per heavy atom. The van der Waals surface area contributed by atoms with Crippen molar-refractivity contribution < 1.29 is 9.53 Å². The number of amides is 1. The molecule has 1 amide bonds. The van der Waals surface area contributed by atoms with Crippen LogP contribution in [0.3, 0.4) is 0 Å². The van der Waals surface area contributed by atoms with Crippen molar-refractivity contribution in [1.29, 1.82) is 0 Å². The van der Waals surface area contributed by atoms with Gasteiger partial charge in [0, 0.05) is 10.9 Å². The van der Waals surface area contributed by atoms with Gasteiger partial charge in [-0.1, -0.05) is 66.7 Å². The van der Waals surface area contributed by atoms with E-state index in [9.17, 15) is 4.79 Å². The van der Waals surface area contributed by atoms with E-state index >= 15 is 0 Å². The Kier molecular flexibility index (Phi) is 5.17. The summed E-state index contributed by atoms with van der Waals surface area (Å²) >= 11 is 1.40. The maximum Gasteiger partial charge on any atom is 0.261 e. The summed E-state index contributed by atoms with van der Waals surface area (Å²) in [5.41, 5.74) is 4.66. The first kappa shape index (κ1) is 17.9. The fourth-order valence-electron chi connectivity index (χ4n) is 2.92. The van der Waals surface area contributed by atoms with Crippen LogP contribution in [0.15, 0.2) is 84.2 Å². The molecule has 0 radical (unpaired) electrons. The molecule has 5 heteroatoms. The summed E-state index contributed by atoms with van der Waals surface area (Å²) in [6, 6.07) is 25.6. The molecule has 0 atom stereocenters. The average Bonchev–Trinajstić information content (AvgIpc) is 3.23. The van der Waals surface area contributed by atoms with Crippen molar-refractivity contribution in [3.05, 3.63) is 89.8 Å². The van der Waals surface area contributed by atoms with Crippen LogP contribution in [0.5, 0.6) is 5.75 Å². The summed E-state index contributed by atoms with van der Waals surface area (Å²) in [7, 11) is 1.55. The van der Waals surface area contributed by atoms with E-state index in [1.54, 1.807) is 25.3 Å². The maximum absolute atomic E-state index is 12.5. The van der Waals surface area contributed by atoms with Crippen LogP contribution in [-0.2, 0) is 0 Å². The number of thiazole rings is 1. The number of anilines is 1. The molecule has 0 bridgehead atoms. The van der Waals surface area contributed by atoms with Gasteiger partial charge in [-0.2, -0.15) is 0 Å². The molecule has 0 saturated carbocycles. The van der Waals surface area contributed by atoms with E-state index in [4.69, 9.17) is 4.74 Å². The minimum Gasteiger partial charge on any atom is -0.496 e. The normalized spacial score (nSPS) is 10.5. The third-order valence-electron chi connectivity index (χ3n) is 4.36. The van der Waals surface area contributed by atoms with E-state index < -0.39 is 0 Å². The number of aromatic nitrogens is 1. The van der Waals surface area contributed by atoms with Gasteiger partial charge in [-0.05, 0) is 23.3 Å². The van der Waals surface area contributed by atoms with Gasteiger partial charge < -0.3 is 4.74 Å². The number of carbonyl (C=O) groups excluding carboxylic acids is 1. The topological polar surface area (TPSA) is 51.2 Å². The molecule has 28 heavy (non-hydrogen) atoms. The van der Waals surface area contributed by atoms with E-state index in [0.29, 0.717) is 16.4 Å². The summed E-state index contributed by atoms with van der Waals surface area (Å²) in [5, 5.41) is 5.34. The Bertz CT molecular complexity index is 1090. The number of rotatable bonds is 5. The van der Waals surface area contributed by atoms with Crippen LogP contribution in [0.2, 0.25) is 0 Å². The molecule has 1 heterocycles. The molecule has 3 aromatic carbocycles. The predicted molar refractivity (Wildman–Crippen MR) is 114 cm³/mol. The summed E-state index contributed by atoms with van der Waals surface area (Å²) < 4.78 is 5.25. The van der Waals surface area contributed by atoms with E-state index in [0.717, 1.165) is 16.8 Å². The molecule has 138 valence electrons. The zero-order chi connectivity index (χ0) is 19.3. The molecular formula is C23H18N2O2S. The minimum atomic E-state index is -0.238. The lowest BCUT2D eigenvalue weighted by Crippen LogP contribution is -2.12. The summed E-state index contributed by atoms with van der Waals surface area (Å²) in [6.45, 7) is 0. The van der Waals surface area contributed by atoms with E-state index in [-0.39, 0.29) is 5.91 Å². The number of nitrogens with zero attached hydrogens (tertiary/aromatic N) is 1. The molecule has 1 N–H and O–H groups in total. The first-order chi connectivity index (χ1) is 13.7. The van der Waals surface area contributed by atoms with Crippen LogP contribution in [0, 0.1) is 0 Å². The fourth-order valence-corrected chi connectivity index (χ4v) is 3.64. The monoisotopic (exact) mass is 386 g/mol. The smallest absolute Gasteiger partial charge is 0.261 e. The molecule has 0 aliphatic rings. The highest BCUT2D eigenvalue weighted by Gasteiger charge is 2.14. The molecule has 1 aromatic heterocycles. The number of hydrogen-bond acceptors (Lipinski definition) is 4. The largest absolute Gasteiger partial charge is 0.496 e. The lowest BCUT2D eigenvalue weighted by Gasteiger charge is -2.07. The van der Waals surface area contributed by atoms with E-state index in [2.05, 4.69) is 34.6 Å². The molecular weight excluding hydrogens is 368 g/mol. The van der Waals surface area contributed by atoms with Crippen molar-refractivity contribution >= 4 is 22.4 Å². The molecule has 0 saturated heterocycles. The number of nitrogens with one attached hydrogen (secondary N) is 1. The SMILES string of the molecule is COc1ccccc1C(=O)Nc1nc(-c2ccc(-c3ccccc3)cc2)cs1. The Labute approximate surface area is 167 Å². The highest BCUT2D eigenvalue weighted by Crippen LogP contribution is 2.28. The van der Waals surface area contributed by atoms with Gasteiger partial charge in [-0.25, -0.2) is 4.98 Å². The van der Waals surface area contributed by atoms with Gasteiger partial charge in [0.25, 0.3) is 5.91 Å². The molecule has 0 unspecified atom stereocenters. The van der Waals surface area contributed by atoms with Gasteiger partial charge in [0.1, 0.15) is 5.75 Å². The van der Waals surface area contributed by atoms with Crippen LogP contribution in [-0.4, -0.2) is 18.0 Å². The standard InChI is InChI=1S/C23H18N2O2S/c1-27-21-10-6-5-9-19(21)22(26)25-23-24-20(15-28-23)18-13-11-17(12-14-18)16-7-3-2-4-8-16/h2-15H,1H3,(H,24,25,26).